The number of rotatable bonds is 4. The number of likely N-dealkylation sites (tertiary alicyclic amines) is 1. The van der Waals surface area contributed by atoms with Gasteiger partial charge in [0.2, 0.25) is 5.91 Å². The van der Waals surface area contributed by atoms with Crippen molar-refractivity contribution < 1.29 is 9.59 Å². The lowest BCUT2D eigenvalue weighted by molar-refractivity contribution is -0.117. The minimum atomic E-state index is 0.00765. The van der Waals surface area contributed by atoms with Crippen LogP contribution in [-0.4, -0.2) is 41.3 Å². The van der Waals surface area contributed by atoms with Crippen LogP contribution >= 0.6 is 0 Å². The molecule has 1 N–H and O–H groups in total. The van der Waals surface area contributed by atoms with Crippen LogP contribution in [0.2, 0.25) is 0 Å². The number of hydrogen-bond donors (Lipinski definition) is 1. The lowest BCUT2D eigenvalue weighted by Gasteiger charge is -2.30. The molecule has 0 bridgehead atoms. The number of pyridine rings is 1. The Balaban J connectivity index is 1.47. The maximum absolute atomic E-state index is 12.8. The number of nitrogens with one attached hydrogen (secondary N) is 1. The molecular formula is C25H24N4O2. The molecule has 6 nitrogen and oxygen atoms in total. The Hall–Kier alpha value is -3.67. The molecule has 1 aromatic heterocycles. The molecule has 31 heavy (non-hydrogen) atoms. The molecule has 5 rings (SSSR count). The zero-order valence-electron chi connectivity index (χ0n) is 17.3. The van der Waals surface area contributed by atoms with E-state index >= 15 is 0 Å². The van der Waals surface area contributed by atoms with Gasteiger partial charge in [0.15, 0.2) is 5.82 Å². The summed E-state index contributed by atoms with van der Waals surface area (Å²) in [5, 5.41) is 3.11. The summed E-state index contributed by atoms with van der Waals surface area (Å²) in [6, 6.07) is 19.6. The molecule has 2 aromatic carbocycles. The van der Waals surface area contributed by atoms with Crippen molar-refractivity contribution in [2.75, 3.05) is 29.9 Å². The molecule has 0 spiro atoms. The normalized spacial score (nSPS) is 15.5. The van der Waals surface area contributed by atoms with Crippen molar-refractivity contribution in [3.05, 3.63) is 78.0 Å². The van der Waals surface area contributed by atoms with Crippen LogP contribution in [0.25, 0.3) is 11.1 Å². The van der Waals surface area contributed by atoms with E-state index in [2.05, 4.69) is 10.3 Å². The summed E-state index contributed by atoms with van der Waals surface area (Å²) < 4.78 is 0. The average Bonchev–Trinajstić information content (AvgIpc) is 3.36. The van der Waals surface area contributed by atoms with Crippen LogP contribution < -0.4 is 10.2 Å². The number of amides is 2. The van der Waals surface area contributed by atoms with Crippen molar-refractivity contribution in [1.29, 1.82) is 0 Å². The second-order valence-electron chi connectivity index (χ2n) is 7.99. The molecule has 2 aliphatic heterocycles. The van der Waals surface area contributed by atoms with Gasteiger partial charge < -0.3 is 15.1 Å². The van der Waals surface area contributed by atoms with Gasteiger partial charge in [-0.2, -0.15) is 0 Å². The molecule has 2 amide bonds. The second kappa shape index (κ2) is 8.22. The first-order valence-corrected chi connectivity index (χ1v) is 10.7. The number of carbonyl (C=O) groups is 2. The van der Waals surface area contributed by atoms with Crippen LogP contribution in [0, 0.1) is 0 Å². The molecule has 3 heterocycles. The standard InChI is InChI=1S/C25H24N4O2/c30-23-16-27-24-22(29(23)17-18-7-2-1-3-8-18)14-21(15-26-24)19-9-6-10-20(13-19)25(31)28-11-4-5-12-28/h1-3,6-10,13-15H,4-5,11-12,16-17H2,(H,26,27). The molecule has 0 aliphatic carbocycles. The van der Waals surface area contributed by atoms with Crippen molar-refractivity contribution in [2.45, 2.75) is 19.4 Å². The van der Waals surface area contributed by atoms with Gasteiger partial charge in [0.25, 0.3) is 5.91 Å². The fourth-order valence-electron chi connectivity index (χ4n) is 4.22. The molecule has 0 saturated carbocycles. The third kappa shape index (κ3) is 3.89. The van der Waals surface area contributed by atoms with Gasteiger partial charge in [-0.25, -0.2) is 4.98 Å². The Bertz CT molecular complexity index is 1120. The average molecular weight is 412 g/mol. The van der Waals surface area contributed by atoms with Crippen LogP contribution in [0.4, 0.5) is 11.5 Å². The van der Waals surface area contributed by atoms with E-state index in [-0.39, 0.29) is 18.4 Å². The fourth-order valence-corrected chi connectivity index (χ4v) is 4.22. The number of aromatic nitrogens is 1. The zero-order valence-corrected chi connectivity index (χ0v) is 17.3. The van der Waals surface area contributed by atoms with E-state index in [1.165, 1.54) is 0 Å². The first-order valence-electron chi connectivity index (χ1n) is 10.7. The van der Waals surface area contributed by atoms with Gasteiger partial charge in [0.1, 0.15) is 0 Å². The summed E-state index contributed by atoms with van der Waals surface area (Å²) in [6.45, 7) is 2.37. The van der Waals surface area contributed by atoms with E-state index in [0.717, 1.165) is 48.3 Å². The third-order valence-electron chi connectivity index (χ3n) is 5.89. The van der Waals surface area contributed by atoms with E-state index < -0.39 is 0 Å². The summed E-state index contributed by atoms with van der Waals surface area (Å²) in [5.41, 5.74) is 4.30. The Morgan fingerprint density at radius 1 is 0.968 bits per heavy atom. The lowest BCUT2D eigenvalue weighted by atomic mass is 10.0. The number of benzene rings is 2. The third-order valence-corrected chi connectivity index (χ3v) is 5.89. The molecule has 156 valence electrons. The predicted molar refractivity (Wildman–Crippen MR) is 121 cm³/mol. The highest BCUT2D eigenvalue weighted by atomic mass is 16.2. The number of carbonyl (C=O) groups excluding carboxylic acids is 2. The van der Waals surface area contributed by atoms with Crippen LogP contribution in [0.1, 0.15) is 28.8 Å². The van der Waals surface area contributed by atoms with Gasteiger partial charge in [-0.15, -0.1) is 0 Å². The Kier molecular flexibility index (Phi) is 5.12. The van der Waals surface area contributed by atoms with Gasteiger partial charge in [-0.3, -0.25) is 9.59 Å². The molecule has 0 atom stereocenters. The van der Waals surface area contributed by atoms with Crippen LogP contribution in [0.5, 0.6) is 0 Å². The van der Waals surface area contributed by atoms with Crippen LogP contribution in [-0.2, 0) is 11.3 Å². The molecule has 0 unspecified atom stereocenters. The summed E-state index contributed by atoms with van der Waals surface area (Å²) >= 11 is 0. The quantitative estimate of drug-likeness (QED) is 0.705. The van der Waals surface area contributed by atoms with E-state index in [0.29, 0.717) is 17.9 Å². The molecule has 0 radical (unpaired) electrons. The molecular weight excluding hydrogens is 388 g/mol. The predicted octanol–water partition coefficient (Wildman–Crippen LogP) is 3.94. The number of hydrogen-bond acceptors (Lipinski definition) is 4. The van der Waals surface area contributed by atoms with E-state index in [1.54, 1.807) is 11.1 Å². The maximum atomic E-state index is 12.8. The SMILES string of the molecule is O=C(c1cccc(-c2cnc3c(c2)N(Cc2ccccc2)C(=O)CN3)c1)N1CCCC1. The number of anilines is 2. The maximum Gasteiger partial charge on any atom is 0.253 e. The Morgan fingerprint density at radius 2 is 1.77 bits per heavy atom. The second-order valence-corrected chi connectivity index (χ2v) is 7.99. The molecule has 1 saturated heterocycles. The van der Waals surface area contributed by atoms with Crippen molar-refractivity contribution in [1.82, 2.24) is 9.88 Å². The Labute approximate surface area is 181 Å². The van der Waals surface area contributed by atoms with Crippen molar-refractivity contribution in [2.24, 2.45) is 0 Å². The van der Waals surface area contributed by atoms with Crippen molar-refractivity contribution >= 4 is 23.3 Å². The van der Waals surface area contributed by atoms with Gasteiger partial charge in [0, 0.05) is 30.4 Å². The molecule has 6 heteroatoms. The highest BCUT2D eigenvalue weighted by Crippen LogP contribution is 2.33. The summed E-state index contributed by atoms with van der Waals surface area (Å²) in [4.78, 5) is 33.8. The molecule has 1 fully saturated rings. The van der Waals surface area contributed by atoms with E-state index in [4.69, 9.17) is 0 Å². The highest BCUT2D eigenvalue weighted by molar-refractivity contribution is 6.02. The topological polar surface area (TPSA) is 65.5 Å². The van der Waals surface area contributed by atoms with E-state index in [9.17, 15) is 9.59 Å². The van der Waals surface area contributed by atoms with Crippen LogP contribution in [0.15, 0.2) is 66.9 Å². The van der Waals surface area contributed by atoms with E-state index in [1.807, 2.05) is 65.6 Å². The van der Waals surface area contributed by atoms with Gasteiger partial charge in [-0.1, -0.05) is 42.5 Å². The first kappa shape index (κ1) is 19.3. The van der Waals surface area contributed by atoms with Gasteiger partial charge in [-0.05, 0) is 42.2 Å². The van der Waals surface area contributed by atoms with Crippen molar-refractivity contribution in [3.63, 3.8) is 0 Å². The summed E-state index contributed by atoms with van der Waals surface area (Å²) in [5.74, 6) is 0.782. The molecule has 2 aliphatic rings. The largest absolute Gasteiger partial charge is 0.359 e. The summed E-state index contributed by atoms with van der Waals surface area (Å²) in [7, 11) is 0. The smallest absolute Gasteiger partial charge is 0.253 e. The van der Waals surface area contributed by atoms with Gasteiger partial charge in [0.05, 0.1) is 18.8 Å². The molecule has 3 aromatic rings. The monoisotopic (exact) mass is 412 g/mol. The Morgan fingerprint density at radius 3 is 2.58 bits per heavy atom. The lowest BCUT2D eigenvalue weighted by Crippen LogP contribution is -2.39. The number of fused-ring (bicyclic) bond motifs is 1. The zero-order chi connectivity index (χ0) is 21.2. The first-order chi connectivity index (χ1) is 15.2. The number of nitrogens with zero attached hydrogens (tertiary/aromatic N) is 3. The summed E-state index contributed by atoms with van der Waals surface area (Å²) in [6.07, 6.45) is 3.93. The van der Waals surface area contributed by atoms with Gasteiger partial charge >= 0.3 is 0 Å². The van der Waals surface area contributed by atoms with Crippen LogP contribution in [0.3, 0.4) is 0 Å². The van der Waals surface area contributed by atoms with Crippen molar-refractivity contribution in [3.8, 4) is 11.1 Å². The fraction of sp³-hybridized carbons (Fsp3) is 0.240. The highest BCUT2D eigenvalue weighted by Gasteiger charge is 2.26. The minimum absolute atomic E-state index is 0.00765. The minimum Gasteiger partial charge on any atom is -0.359 e.